The Morgan fingerprint density at radius 3 is 2.63 bits per heavy atom. The van der Waals surface area contributed by atoms with Crippen LogP contribution in [0.4, 0.5) is 5.95 Å². The van der Waals surface area contributed by atoms with Gasteiger partial charge in [-0.15, -0.1) is 4.98 Å². The third kappa shape index (κ3) is 3.44. The van der Waals surface area contributed by atoms with Gasteiger partial charge in [0.2, 0.25) is 5.95 Å². The number of anilines is 1. The van der Waals surface area contributed by atoms with Crippen LogP contribution in [-0.2, 0) is 0 Å². The highest BCUT2D eigenvalue weighted by Gasteiger charge is 2.26. The predicted octanol–water partition coefficient (Wildman–Crippen LogP) is 1.51. The van der Waals surface area contributed by atoms with Crippen LogP contribution in [-0.4, -0.2) is 28.2 Å². The van der Waals surface area contributed by atoms with Gasteiger partial charge in [-0.05, 0) is 31.6 Å². The number of hydrazine groups is 1. The topological polar surface area (TPSA) is 95.2 Å². The number of nitrogens with zero attached hydrogens (tertiary/aromatic N) is 3. The van der Waals surface area contributed by atoms with Crippen molar-refractivity contribution in [2.75, 3.05) is 12.5 Å². The maximum absolute atomic E-state index is 5.91. The number of ether oxygens (including phenoxy) is 2. The fourth-order valence-electron chi connectivity index (χ4n) is 2.48. The average Bonchev–Trinajstić information content (AvgIpc) is 2.47. The molecule has 0 bridgehead atoms. The van der Waals surface area contributed by atoms with Crippen molar-refractivity contribution in [3.63, 3.8) is 0 Å². The van der Waals surface area contributed by atoms with E-state index in [1.807, 2.05) is 0 Å². The van der Waals surface area contributed by atoms with Crippen LogP contribution in [0.5, 0.6) is 12.0 Å². The molecule has 2 atom stereocenters. The summed E-state index contributed by atoms with van der Waals surface area (Å²) in [7, 11) is 1.49. The Bertz CT molecular complexity index is 393. The number of rotatable bonds is 5. The lowest BCUT2D eigenvalue weighted by molar-refractivity contribution is 0.0799. The molecule has 1 heterocycles. The molecule has 0 amide bonds. The molecule has 1 saturated carbocycles. The van der Waals surface area contributed by atoms with Gasteiger partial charge >= 0.3 is 12.0 Å². The quantitative estimate of drug-likeness (QED) is 0.616. The summed E-state index contributed by atoms with van der Waals surface area (Å²) < 4.78 is 10.9. The number of nitrogens with one attached hydrogen (secondary N) is 1. The Morgan fingerprint density at radius 2 is 1.95 bits per heavy atom. The molecule has 0 saturated heterocycles. The van der Waals surface area contributed by atoms with Crippen molar-refractivity contribution in [2.45, 2.75) is 45.1 Å². The van der Waals surface area contributed by atoms with Gasteiger partial charge in [0.15, 0.2) is 0 Å². The van der Waals surface area contributed by atoms with Gasteiger partial charge in [-0.1, -0.05) is 13.3 Å². The molecule has 106 valence electrons. The van der Waals surface area contributed by atoms with Gasteiger partial charge in [-0.3, -0.25) is 5.43 Å². The monoisotopic (exact) mass is 267 g/mol. The molecule has 7 nitrogen and oxygen atoms in total. The summed E-state index contributed by atoms with van der Waals surface area (Å²) in [5.74, 6) is 6.12. The Morgan fingerprint density at radius 1 is 1.21 bits per heavy atom. The fourth-order valence-corrected chi connectivity index (χ4v) is 2.48. The lowest BCUT2D eigenvalue weighted by Crippen LogP contribution is -2.30. The second-order valence-electron chi connectivity index (χ2n) is 4.68. The fraction of sp³-hybridized carbons (Fsp3) is 0.750. The molecule has 3 N–H and O–H groups in total. The highest BCUT2D eigenvalue weighted by molar-refractivity contribution is 5.25. The summed E-state index contributed by atoms with van der Waals surface area (Å²) >= 11 is 0. The van der Waals surface area contributed by atoms with Crippen molar-refractivity contribution in [2.24, 2.45) is 11.8 Å². The maximum atomic E-state index is 5.91. The SMILES string of the molecule is CCC1CCCCC1Oc1nc(NN)nc(OC)n1. The van der Waals surface area contributed by atoms with Crippen LogP contribution in [0.1, 0.15) is 39.0 Å². The Balaban J connectivity index is 2.12. The van der Waals surface area contributed by atoms with Crippen LogP contribution in [0.2, 0.25) is 0 Å². The van der Waals surface area contributed by atoms with Gasteiger partial charge < -0.3 is 9.47 Å². The van der Waals surface area contributed by atoms with E-state index in [0.29, 0.717) is 5.92 Å². The van der Waals surface area contributed by atoms with Crippen molar-refractivity contribution in [3.05, 3.63) is 0 Å². The van der Waals surface area contributed by atoms with Crippen molar-refractivity contribution in [1.82, 2.24) is 15.0 Å². The first-order valence-electron chi connectivity index (χ1n) is 6.70. The number of hydrogen-bond donors (Lipinski definition) is 2. The summed E-state index contributed by atoms with van der Waals surface area (Å²) in [6.45, 7) is 2.19. The zero-order valence-electron chi connectivity index (χ0n) is 11.4. The van der Waals surface area contributed by atoms with E-state index < -0.39 is 0 Å². The Kier molecular flexibility index (Phi) is 4.73. The molecular weight excluding hydrogens is 246 g/mol. The van der Waals surface area contributed by atoms with E-state index >= 15 is 0 Å². The molecule has 1 aliphatic carbocycles. The minimum absolute atomic E-state index is 0.163. The largest absolute Gasteiger partial charge is 0.467 e. The third-order valence-corrected chi connectivity index (χ3v) is 3.53. The highest BCUT2D eigenvalue weighted by atomic mass is 16.5. The second-order valence-corrected chi connectivity index (χ2v) is 4.68. The number of aromatic nitrogens is 3. The van der Waals surface area contributed by atoms with Gasteiger partial charge in [0.1, 0.15) is 6.10 Å². The average molecular weight is 267 g/mol. The van der Waals surface area contributed by atoms with E-state index in [0.717, 1.165) is 12.8 Å². The minimum atomic E-state index is 0.163. The summed E-state index contributed by atoms with van der Waals surface area (Å²) in [5, 5.41) is 0. The van der Waals surface area contributed by atoms with Crippen LogP contribution >= 0.6 is 0 Å². The van der Waals surface area contributed by atoms with Crippen molar-refractivity contribution in [1.29, 1.82) is 0 Å². The summed E-state index contributed by atoms with van der Waals surface area (Å²) in [6, 6.07) is 0.465. The molecule has 1 aliphatic rings. The molecule has 1 aromatic heterocycles. The van der Waals surface area contributed by atoms with E-state index in [1.54, 1.807) is 0 Å². The molecule has 0 radical (unpaired) electrons. The molecule has 2 rings (SSSR count). The summed E-state index contributed by atoms with van der Waals surface area (Å²) in [6.07, 6.45) is 5.97. The standard InChI is InChI=1S/C12H21N5O2/c1-3-8-6-4-5-7-9(8)19-12-15-10(17-13)14-11(16-12)18-2/h8-9H,3-7,13H2,1-2H3,(H,14,15,16,17). The Hall–Kier alpha value is -1.63. The molecule has 7 heteroatoms. The van der Waals surface area contributed by atoms with E-state index in [2.05, 4.69) is 27.3 Å². The molecule has 0 aromatic carbocycles. The lowest BCUT2D eigenvalue weighted by Gasteiger charge is -2.30. The van der Waals surface area contributed by atoms with Gasteiger partial charge in [-0.25, -0.2) is 5.84 Å². The zero-order chi connectivity index (χ0) is 13.7. The summed E-state index contributed by atoms with van der Waals surface area (Å²) in [5.41, 5.74) is 2.38. The van der Waals surface area contributed by atoms with E-state index in [1.165, 1.54) is 26.4 Å². The lowest BCUT2D eigenvalue weighted by atomic mass is 9.85. The molecular formula is C12H21N5O2. The number of nitrogen functional groups attached to an aromatic ring is 1. The maximum Gasteiger partial charge on any atom is 0.324 e. The first-order chi connectivity index (χ1) is 9.26. The molecule has 1 aromatic rings. The van der Waals surface area contributed by atoms with Gasteiger partial charge in [-0.2, -0.15) is 9.97 Å². The van der Waals surface area contributed by atoms with Crippen molar-refractivity contribution < 1.29 is 9.47 Å². The molecule has 1 fully saturated rings. The van der Waals surface area contributed by atoms with E-state index in [4.69, 9.17) is 15.3 Å². The molecule has 2 unspecified atom stereocenters. The third-order valence-electron chi connectivity index (χ3n) is 3.53. The Labute approximate surface area is 112 Å². The first-order valence-corrected chi connectivity index (χ1v) is 6.70. The number of hydrogen-bond acceptors (Lipinski definition) is 7. The van der Waals surface area contributed by atoms with Crippen LogP contribution in [0.3, 0.4) is 0 Å². The number of methoxy groups -OCH3 is 1. The van der Waals surface area contributed by atoms with Crippen LogP contribution in [0.15, 0.2) is 0 Å². The van der Waals surface area contributed by atoms with Crippen molar-refractivity contribution in [3.8, 4) is 12.0 Å². The second kappa shape index (κ2) is 6.51. The van der Waals surface area contributed by atoms with Crippen LogP contribution in [0, 0.1) is 5.92 Å². The van der Waals surface area contributed by atoms with Gasteiger partial charge in [0, 0.05) is 0 Å². The predicted molar refractivity (Wildman–Crippen MR) is 70.9 cm³/mol. The number of nitrogens with two attached hydrogens (primary N) is 1. The van der Waals surface area contributed by atoms with Gasteiger partial charge in [0.05, 0.1) is 7.11 Å². The zero-order valence-corrected chi connectivity index (χ0v) is 11.4. The van der Waals surface area contributed by atoms with Crippen LogP contribution < -0.4 is 20.7 Å². The van der Waals surface area contributed by atoms with Gasteiger partial charge in [0.25, 0.3) is 0 Å². The molecule has 0 spiro atoms. The summed E-state index contributed by atoms with van der Waals surface area (Å²) in [4.78, 5) is 12.1. The normalized spacial score (nSPS) is 22.9. The van der Waals surface area contributed by atoms with Crippen molar-refractivity contribution >= 4 is 5.95 Å². The molecule has 19 heavy (non-hydrogen) atoms. The smallest absolute Gasteiger partial charge is 0.324 e. The minimum Gasteiger partial charge on any atom is -0.467 e. The van der Waals surface area contributed by atoms with Crippen LogP contribution in [0.25, 0.3) is 0 Å². The first kappa shape index (κ1) is 13.8. The van der Waals surface area contributed by atoms with E-state index in [9.17, 15) is 0 Å². The highest BCUT2D eigenvalue weighted by Crippen LogP contribution is 2.29. The van der Waals surface area contributed by atoms with E-state index in [-0.39, 0.29) is 24.1 Å². The molecule has 0 aliphatic heterocycles.